The third kappa shape index (κ3) is 2.76. The molecular weight excluding hydrogens is 288 g/mol. The van der Waals surface area contributed by atoms with E-state index < -0.39 is 0 Å². The summed E-state index contributed by atoms with van der Waals surface area (Å²) >= 11 is 3.36. The summed E-state index contributed by atoms with van der Waals surface area (Å²) in [6, 6.07) is 4.60. The Kier molecular flexibility index (Phi) is 3.96. The van der Waals surface area contributed by atoms with Crippen molar-refractivity contribution in [3.05, 3.63) is 34.2 Å². The lowest BCUT2D eigenvalue weighted by molar-refractivity contribution is 0.00491. The highest BCUT2D eigenvalue weighted by molar-refractivity contribution is 9.09. The van der Waals surface area contributed by atoms with Gasteiger partial charge in [-0.2, -0.15) is 0 Å². The third-order valence-corrected chi connectivity index (χ3v) is 3.41. The van der Waals surface area contributed by atoms with Gasteiger partial charge in [0.25, 0.3) is 5.91 Å². The van der Waals surface area contributed by atoms with Crippen LogP contribution in [0, 0.1) is 0 Å². The van der Waals surface area contributed by atoms with Crippen LogP contribution in [0.1, 0.15) is 10.5 Å². The number of amides is 1. The summed E-state index contributed by atoms with van der Waals surface area (Å²) in [5, 5.41) is 0.663. The van der Waals surface area contributed by atoms with Gasteiger partial charge in [0, 0.05) is 17.9 Å². The van der Waals surface area contributed by atoms with Gasteiger partial charge in [0.2, 0.25) is 5.56 Å². The monoisotopic (exact) mass is 300 g/mol. The predicted octanol–water partition coefficient (Wildman–Crippen LogP) is 0.611. The van der Waals surface area contributed by atoms with Crippen LogP contribution in [0.4, 0.5) is 0 Å². The molecule has 0 aliphatic carbocycles. The van der Waals surface area contributed by atoms with E-state index in [1.54, 1.807) is 17.0 Å². The zero-order valence-electron chi connectivity index (χ0n) is 9.19. The highest BCUT2D eigenvalue weighted by Crippen LogP contribution is 2.12. The first-order chi connectivity index (χ1) is 8.22. The van der Waals surface area contributed by atoms with Crippen molar-refractivity contribution in [2.24, 2.45) is 0 Å². The topological polar surface area (TPSA) is 62.4 Å². The van der Waals surface area contributed by atoms with Crippen LogP contribution in [-0.2, 0) is 4.74 Å². The Balaban J connectivity index is 2.21. The minimum Gasteiger partial charge on any atom is -0.377 e. The highest BCUT2D eigenvalue weighted by atomic mass is 79.9. The summed E-state index contributed by atoms with van der Waals surface area (Å²) in [6.07, 6.45) is 0. The third-order valence-electron chi connectivity index (χ3n) is 2.67. The maximum Gasteiger partial charge on any atom is 0.270 e. The van der Waals surface area contributed by atoms with E-state index in [2.05, 4.69) is 20.9 Å². The van der Waals surface area contributed by atoms with Crippen molar-refractivity contribution >= 4 is 21.8 Å². The van der Waals surface area contributed by atoms with Gasteiger partial charge >= 0.3 is 0 Å². The van der Waals surface area contributed by atoms with E-state index in [0.717, 1.165) is 0 Å². The molecule has 6 heteroatoms. The molecular formula is C11H13BrN2O3. The minimum absolute atomic E-state index is 0.0139. The van der Waals surface area contributed by atoms with Gasteiger partial charge in [-0.15, -0.1) is 0 Å². The van der Waals surface area contributed by atoms with Crippen LogP contribution in [-0.4, -0.2) is 46.9 Å². The molecule has 0 radical (unpaired) electrons. The molecule has 0 spiro atoms. The van der Waals surface area contributed by atoms with Gasteiger partial charge in [0.15, 0.2) is 0 Å². The molecule has 0 saturated carbocycles. The van der Waals surface area contributed by atoms with Crippen LogP contribution >= 0.6 is 15.9 Å². The van der Waals surface area contributed by atoms with Gasteiger partial charge < -0.3 is 14.6 Å². The van der Waals surface area contributed by atoms with Gasteiger partial charge in [-0.05, 0) is 6.07 Å². The molecule has 17 heavy (non-hydrogen) atoms. The van der Waals surface area contributed by atoms with Crippen molar-refractivity contribution in [2.45, 2.75) is 6.04 Å². The van der Waals surface area contributed by atoms with Crippen molar-refractivity contribution in [3.63, 3.8) is 0 Å². The van der Waals surface area contributed by atoms with E-state index in [1.165, 1.54) is 6.07 Å². The Morgan fingerprint density at radius 3 is 3.12 bits per heavy atom. The predicted molar refractivity (Wildman–Crippen MR) is 66.5 cm³/mol. The fraction of sp³-hybridized carbons (Fsp3) is 0.455. The Morgan fingerprint density at radius 2 is 2.41 bits per heavy atom. The Morgan fingerprint density at radius 1 is 1.59 bits per heavy atom. The second-order valence-electron chi connectivity index (χ2n) is 3.81. The van der Waals surface area contributed by atoms with Crippen LogP contribution < -0.4 is 5.56 Å². The van der Waals surface area contributed by atoms with Crippen molar-refractivity contribution in [1.82, 2.24) is 9.88 Å². The van der Waals surface area contributed by atoms with Crippen molar-refractivity contribution in [1.29, 1.82) is 0 Å². The van der Waals surface area contributed by atoms with Crippen molar-refractivity contribution in [3.8, 4) is 0 Å². The number of aromatic nitrogens is 1. The molecule has 1 aliphatic heterocycles. The number of hydrogen-bond donors (Lipinski definition) is 1. The summed E-state index contributed by atoms with van der Waals surface area (Å²) in [5.74, 6) is -0.157. The molecule has 1 N–H and O–H groups in total. The SMILES string of the molecule is O=C(c1cccc(=O)[nH]1)N1CCOCC1CBr. The van der Waals surface area contributed by atoms with E-state index in [1.807, 2.05) is 0 Å². The Hall–Kier alpha value is -1.14. The molecule has 1 saturated heterocycles. The van der Waals surface area contributed by atoms with Gasteiger partial charge in [-0.1, -0.05) is 22.0 Å². The average Bonchev–Trinajstić information content (AvgIpc) is 2.38. The molecule has 1 fully saturated rings. The number of pyridine rings is 1. The van der Waals surface area contributed by atoms with Crippen molar-refractivity contribution < 1.29 is 9.53 Å². The second-order valence-corrected chi connectivity index (χ2v) is 4.46. The molecule has 2 heterocycles. The highest BCUT2D eigenvalue weighted by Gasteiger charge is 2.27. The maximum absolute atomic E-state index is 12.2. The number of carbonyl (C=O) groups excluding carboxylic acids is 1. The molecule has 0 bridgehead atoms. The standard InChI is InChI=1S/C11H13BrN2O3/c12-6-8-7-17-5-4-14(8)11(16)9-2-1-3-10(15)13-9/h1-3,8H,4-7H2,(H,13,15). The minimum atomic E-state index is -0.264. The summed E-state index contributed by atoms with van der Waals surface area (Å²) in [6.45, 7) is 1.60. The van der Waals surface area contributed by atoms with Gasteiger partial charge in [0.1, 0.15) is 5.69 Å². The lowest BCUT2D eigenvalue weighted by Crippen LogP contribution is -2.50. The van der Waals surface area contributed by atoms with Crippen LogP contribution in [0.25, 0.3) is 0 Å². The fourth-order valence-electron chi connectivity index (χ4n) is 1.78. The molecule has 1 unspecified atom stereocenters. The number of morpholine rings is 1. The molecule has 1 atom stereocenters. The quantitative estimate of drug-likeness (QED) is 0.814. The summed E-state index contributed by atoms with van der Waals surface area (Å²) in [7, 11) is 0. The lowest BCUT2D eigenvalue weighted by Gasteiger charge is -2.34. The molecule has 92 valence electrons. The molecule has 1 aliphatic rings. The maximum atomic E-state index is 12.2. The van der Waals surface area contributed by atoms with Crippen LogP contribution in [0.5, 0.6) is 0 Å². The zero-order chi connectivity index (χ0) is 12.3. The van der Waals surface area contributed by atoms with Gasteiger partial charge in [-0.3, -0.25) is 9.59 Å². The van der Waals surface area contributed by atoms with E-state index in [9.17, 15) is 9.59 Å². The lowest BCUT2D eigenvalue weighted by atomic mass is 10.2. The first-order valence-electron chi connectivity index (χ1n) is 5.36. The Bertz CT molecular complexity index is 460. The van der Waals surface area contributed by atoms with E-state index >= 15 is 0 Å². The molecule has 5 nitrogen and oxygen atoms in total. The average molecular weight is 301 g/mol. The van der Waals surface area contributed by atoms with Gasteiger partial charge in [-0.25, -0.2) is 0 Å². The van der Waals surface area contributed by atoms with Crippen molar-refractivity contribution in [2.75, 3.05) is 25.1 Å². The number of alkyl halides is 1. The number of carbonyl (C=O) groups is 1. The van der Waals surface area contributed by atoms with E-state index in [0.29, 0.717) is 30.8 Å². The molecule has 1 aromatic heterocycles. The van der Waals surface area contributed by atoms with Gasteiger partial charge in [0.05, 0.1) is 19.3 Å². The van der Waals surface area contributed by atoms with E-state index in [-0.39, 0.29) is 17.5 Å². The molecule has 1 amide bonds. The molecule has 1 aromatic rings. The summed E-state index contributed by atoms with van der Waals surface area (Å²) in [4.78, 5) is 27.6. The fourth-order valence-corrected chi connectivity index (χ4v) is 2.31. The summed E-state index contributed by atoms with van der Waals surface area (Å²) < 4.78 is 5.32. The number of halogens is 1. The number of ether oxygens (including phenoxy) is 1. The van der Waals surface area contributed by atoms with Crippen LogP contribution in [0.15, 0.2) is 23.0 Å². The first-order valence-corrected chi connectivity index (χ1v) is 6.48. The number of H-pyrrole nitrogens is 1. The molecule has 0 aromatic carbocycles. The zero-order valence-corrected chi connectivity index (χ0v) is 10.8. The number of rotatable bonds is 2. The smallest absolute Gasteiger partial charge is 0.270 e. The number of hydrogen-bond acceptors (Lipinski definition) is 3. The first kappa shape index (κ1) is 12.3. The van der Waals surface area contributed by atoms with Crippen LogP contribution in [0.2, 0.25) is 0 Å². The number of aromatic amines is 1. The largest absolute Gasteiger partial charge is 0.377 e. The second kappa shape index (κ2) is 5.46. The van der Waals surface area contributed by atoms with Crippen LogP contribution in [0.3, 0.4) is 0 Å². The summed E-state index contributed by atoms with van der Waals surface area (Å²) in [5.41, 5.74) is 0.0600. The number of nitrogens with one attached hydrogen (secondary N) is 1. The Labute approximate surface area is 107 Å². The molecule has 2 rings (SSSR count). The normalized spacial score (nSPS) is 20.3. The van der Waals surface area contributed by atoms with E-state index in [4.69, 9.17) is 4.74 Å². The number of nitrogens with zero attached hydrogens (tertiary/aromatic N) is 1.